The smallest absolute Gasteiger partial charge is 0.255 e. The summed E-state index contributed by atoms with van der Waals surface area (Å²) in [5.74, 6) is -0.884. The van der Waals surface area contributed by atoms with Gasteiger partial charge in [0.2, 0.25) is 0 Å². The molecule has 0 bridgehead atoms. The van der Waals surface area contributed by atoms with Crippen molar-refractivity contribution in [3.8, 4) is 33.0 Å². The van der Waals surface area contributed by atoms with Crippen molar-refractivity contribution < 1.29 is 18.0 Å². The Balaban J connectivity index is 1.59. The molecule has 6 aromatic rings. The fourth-order valence-corrected chi connectivity index (χ4v) is 5.59. The third-order valence-corrected chi connectivity index (χ3v) is 7.55. The molecule has 0 fully saturated rings. The molecule has 0 atom stereocenters. The van der Waals surface area contributed by atoms with Crippen molar-refractivity contribution in [2.75, 3.05) is 26.0 Å². The lowest BCUT2D eigenvalue weighted by Crippen LogP contribution is -2.18. The predicted octanol–water partition coefficient (Wildman–Crippen LogP) is 7.14. The van der Waals surface area contributed by atoms with Crippen LogP contribution >= 0.6 is 11.3 Å². The monoisotopic (exact) mass is 540 g/mol. The molecule has 0 saturated carbocycles. The molecule has 3 aromatic carbocycles. The number of fused-ring (bicyclic) bond motifs is 2. The van der Waals surface area contributed by atoms with Crippen LogP contribution in [0.4, 0.5) is 14.5 Å². The van der Waals surface area contributed by atoms with E-state index in [0.29, 0.717) is 60.8 Å². The van der Waals surface area contributed by atoms with Crippen LogP contribution in [0.1, 0.15) is 10.4 Å². The molecule has 9 heteroatoms. The van der Waals surface area contributed by atoms with E-state index < -0.39 is 11.6 Å². The quantitative estimate of drug-likeness (QED) is 0.252. The molecular formula is C30H22F2N4O2S. The van der Waals surface area contributed by atoms with Crippen LogP contribution in [0.15, 0.2) is 77.3 Å². The van der Waals surface area contributed by atoms with Crippen molar-refractivity contribution in [3.05, 3.63) is 90.1 Å². The van der Waals surface area contributed by atoms with Crippen LogP contribution < -0.4 is 10.2 Å². The first-order valence-corrected chi connectivity index (χ1v) is 12.9. The van der Waals surface area contributed by atoms with E-state index in [9.17, 15) is 9.18 Å². The molecule has 0 spiro atoms. The van der Waals surface area contributed by atoms with Crippen molar-refractivity contribution in [1.82, 2.24) is 15.3 Å². The highest BCUT2D eigenvalue weighted by atomic mass is 32.1. The average Bonchev–Trinajstić information content (AvgIpc) is 3.54. The van der Waals surface area contributed by atoms with Gasteiger partial charge in [-0.15, -0.1) is 0 Å². The maximum atomic E-state index is 16.2. The first-order chi connectivity index (χ1) is 18.9. The minimum atomic E-state index is -0.428. The molecule has 1 amide bonds. The van der Waals surface area contributed by atoms with Gasteiger partial charge in [-0.05, 0) is 48.5 Å². The summed E-state index contributed by atoms with van der Waals surface area (Å²) in [6.07, 6.45) is 1.69. The van der Waals surface area contributed by atoms with Gasteiger partial charge in [0.1, 0.15) is 38.3 Å². The number of nitrogens with one attached hydrogen (secondary N) is 1. The summed E-state index contributed by atoms with van der Waals surface area (Å²) < 4.78 is 36.0. The molecule has 0 radical (unpaired) electrons. The molecule has 0 unspecified atom stereocenters. The first kappa shape index (κ1) is 24.7. The molecular weight excluding hydrogens is 518 g/mol. The van der Waals surface area contributed by atoms with Crippen molar-refractivity contribution >= 4 is 44.2 Å². The van der Waals surface area contributed by atoms with E-state index in [1.54, 1.807) is 54.7 Å². The molecule has 0 aliphatic heterocycles. The van der Waals surface area contributed by atoms with Crippen LogP contribution in [0.2, 0.25) is 0 Å². The largest absolute Gasteiger partial charge is 0.455 e. The summed E-state index contributed by atoms with van der Waals surface area (Å²) >= 11 is 1.33. The van der Waals surface area contributed by atoms with E-state index in [-0.39, 0.29) is 5.91 Å². The molecule has 3 aromatic heterocycles. The topological polar surface area (TPSA) is 71.3 Å². The third-order valence-electron chi connectivity index (χ3n) is 6.53. The van der Waals surface area contributed by atoms with Gasteiger partial charge in [0.05, 0.1) is 5.56 Å². The van der Waals surface area contributed by atoms with Gasteiger partial charge >= 0.3 is 0 Å². The molecule has 1 N–H and O–H groups in total. The summed E-state index contributed by atoms with van der Waals surface area (Å²) in [5.41, 5.74) is 4.02. The SMILES string of the molecule is CNC(=O)c1c(-c2ccc(F)cc2)oc2cc(N(C)C)c(-c3cccc(-c4nc5cccnc5s4)c3F)cc12. The number of rotatable bonds is 5. The van der Waals surface area contributed by atoms with Gasteiger partial charge in [-0.2, -0.15) is 0 Å². The van der Waals surface area contributed by atoms with E-state index >= 15 is 4.39 Å². The van der Waals surface area contributed by atoms with Gasteiger partial charge in [-0.1, -0.05) is 23.5 Å². The number of carbonyl (C=O) groups excluding carboxylic acids is 1. The highest BCUT2D eigenvalue weighted by Gasteiger charge is 2.25. The molecule has 0 aliphatic carbocycles. The summed E-state index contributed by atoms with van der Waals surface area (Å²) in [5, 5.41) is 3.71. The van der Waals surface area contributed by atoms with Gasteiger partial charge in [0, 0.05) is 66.7 Å². The number of halogens is 2. The molecule has 39 heavy (non-hydrogen) atoms. The number of nitrogens with zero attached hydrogens (tertiary/aromatic N) is 3. The standard InChI is InChI=1S/C30H22F2N4O2S/c1-33-28(37)25-21-14-20(23(36(2)3)15-24(21)38-27(25)16-9-11-17(31)12-10-16)18-6-4-7-19(26(18)32)29-35-22-8-5-13-34-30(22)39-29/h4-15H,1-3H3,(H,33,37). The van der Waals surface area contributed by atoms with Crippen LogP contribution in [-0.2, 0) is 0 Å². The highest BCUT2D eigenvalue weighted by Crippen LogP contribution is 2.43. The lowest BCUT2D eigenvalue weighted by molar-refractivity contribution is 0.0964. The Morgan fingerprint density at radius 3 is 2.46 bits per heavy atom. The fraction of sp³-hybridized carbons (Fsp3) is 0.100. The number of furan rings is 1. The Kier molecular flexibility index (Phi) is 6.07. The van der Waals surface area contributed by atoms with Crippen LogP contribution in [-0.4, -0.2) is 37.0 Å². The van der Waals surface area contributed by atoms with Crippen LogP contribution in [0.3, 0.4) is 0 Å². The van der Waals surface area contributed by atoms with Crippen molar-refractivity contribution in [2.24, 2.45) is 0 Å². The van der Waals surface area contributed by atoms with Gasteiger partial charge in [0.15, 0.2) is 0 Å². The maximum absolute atomic E-state index is 16.2. The lowest BCUT2D eigenvalue weighted by atomic mass is 9.96. The van der Waals surface area contributed by atoms with Crippen molar-refractivity contribution in [1.29, 1.82) is 0 Å². The van der Waals surface area contributed by atoms with Crippen molar-refractivity contribution in [3.63, 3.8) is 0 Å². The van der Waals surface area contributed by atoms with E-state index in [1.807, 2.05) is 25.1 Å². The number of anilines is 1. The number of hydrogen-bond donors (Lipinski definition) is 1. The molecule has 3 heterocycles. The molecule has 0 aliphatic rings. The number of amides is 1. The minimum absolute atomic E-state index is 0.291. The zero-order valence-corrected chi connectivity index (χ0v) is 22.1. The Hall–Kier alpha value is -4.63. The summed E-state index contributed by atoms with van der Waals surface area (Å²) in [6.45, 7) is 0. The Morgan fingerprint density at radius 2 is 1.74 bits per heavy atom. The van der Waals surface area contributed by atoms with E-state index in [4.69, 9.17) is 4.42 Å². The molecule has 0 saturated heterocycles. The van der Waals surface area contributed by atoms with Gasteiger partial charge < -0.3 is 14.6 Å². The van der Waals surface area contributed by atoms with Gasteiger partial charge in [-0.25, -0.2) is 18.7 Å². The average molecular weight is 541 g/mol. The number of hydrogen-bond acceptors (Lipinski definition) is 6. The molecule has 6 nitrogen and oxygen atoms in total. The second-order valence-electron chi connectivity index (χ2n) is 9.17. The number of thiazole rings is 1. The number of carbonyl (C=O) groups is 1. The summed E-state index contributed by atoms with van der Waals surface area (Å²) in [7, 11) is 5.24. The maximum Gasteiger partial charge on any atom is 0.255 e. The first-order valence-electron chi connectivity index (χ1n) is 12.1. The van der Waals surface area contributed by atoms with Crippen LogP contribution in [0, 0.1) is 11.6 Å². The summed E-state index contributed by atoms with van der Waals surface area (Å²) in [4.78, 5) is 24.6. The zero-order chi connectivity index (χ0) is 27.3. The highest BCUT2D eigenvalue weighted by molar-refractivity contribution is 7.21. The van der Waals surface area contributed by atoms with E-state index in [0.717, 1.165) is 4.83 Å². The Bertz CT molecular complexity index is 1840. The zero-order valence-electron chi connectivity index (χ0n) is 21.3. The minimum Gasteiger partial charge on any atom is -0.455 e. The third kappa shape index (κ3) is 4.21. The Labute approximate surface area is 226 Å². The number of aromatic nitrogens is 2. The summed E-state index contributed by atoms with van der Waals surface area (Å²) in [6, 6.07) is 18.1. The van der Waals surface area contributed by atoms with Gasteiger partial charge in [0.25, 0.3) is 5.91 Å². The Morgan fingerprint density at radius 1 is 0.974 bits per heavy atom. The molecule has 6 rings (SSSR count). The second kappa shape index (κ2) is 9.59. The van der Waals surface area contributed by atoms with Crippen molar-refractivity contribution in [2.45, 2.75) is 0 Å². The number of benzene rings is 3. The normalized spacial score (nSPS) is 11.3. The predicted molar refractivity (Wildman–Crippen MR) is 151 cm³/mol. The van der Waals surface area contributed by atoms with Crippen LogP contribution in [0.25, 0.3) is 54.3 Å². The molecule has 194 valence electrons. The number of pyridine rings is 1. The lowest BCUT2D eigenvalue weighted by Gasteiger charge is -2.19. The van der Waals surface area contributed by atoms with Gasteiger partial charge in [-0.3, -0.25) is 4.79 Å². The fourth-order valence-electron chi connectivity index (χ4n) is 4.66. The van der Waals surface area contributed by atoms with Crippen LogP contribution in [0.5, 0.6) is 0 Å². The van der Waals surface area contributed by atoms with E-state index in [2.05, 4.69) is 15.3 Å². The second-order valence-corrected chi connectivity index (χ2v) is 10.1. The van der Waals surface area contributed by atoms with E-state index in [1.165, 1.54) is 30.5 Å².